The lowest BCUT2D eigenvalue weighted by Gasteiger charge is -2.19. The molecule has 0 aromatic heterocycles. The largest absolute Gasteiger partial charge is 0.399 e. The van der Waals surface area contributed by atoms with Gasteiger partial charge in [0, 0.05) is 0 Å². The zero-order valence-corrected chi connectivity index (χ0v) is 10.3. The summed E-state index contributed by atoms with van der Waals surface area (Å²) in [6.07, 6.45) is -1.39. The van der Waals surface area contributed by atoms with Crippen molar-refractivity contribution in [2.45, 2.75) is 32.9 Å². The molecule has 0 fully saturated rings. The molecule has 0 aliphatic carbocycles. The summed E-state index contributed by atoms with van der Waals surface area (Å²) in [5.41, 5.74) is 0.0265. The number of alkyl halides is 3. The SMILES string of the molecule is CC(C)(C)/C=C/C(c1ccccc1)C(F)(F)F. The lowest BCUT2D eigenvalue weighted by molar-refractivity contribution is -0.139. The van der Waals surface area contributed by atoms with Gasteiger partial charge in [-0.15, -0.1) is 0 Å². The Morgan fingerprint density at radius 3 is 1.94 bits per heavy atom. The van der Waals surface area contributed by atoms with Crippen LogP contribution in [0.15, 0.2) is 42.5 Å². The van der Waals surface area contributed by atoms with Crippen molar-refractivity contribution in [2.75, 3.05) is 0 Å². The maximum Gasteiger partial charge on any atom is 0.399 e. The summed E-state index contributed by atoms with van der Waals surface area (Å²) in [4.78, 5) is 0. The first-order chi connectivity index (χ1) is 7.70. The maximum atomic E-state index is 12.9. The van der Waals surface area contributed by atoms with Crippen LogP contribution in [0.1, 0.15) is 32.3 Å². The third-order valence-electron chi connectivity index (χ3n) is 2.30. The van der Waals surface area contributed by atoms with Crippen molar-refractivity contribution >= 4 is 0 Å². The molecule has 1 aromatic rings. The quantitative estimate of drug-likeness (QED) is 0.645. The van der Waals surface area contributed by atoms with E-state index < -0.39 is 12.1 Å². The van der Waals surface area contributed by atoms with Gasteiger partial charge in [0.05, 0.1) is 5.92 Å². The van der Waals surface area contributed by atoms with Crippen molar-refractivity contribution < 1.29 is 13.2 Å². The lowest BCUT2D eigenvalue weighted by atomic mass is 9.91. The van der Waals surface area contributed by atoms with E-state index in [9.17, 15) is 13.2 Å². The fourth-order valence-electron chi connectivity index (χ4n) is 1.45. The number of rotatable bonds is 2. The van der Waals surface area contributed by atoms with Gasteiger partial charge in [0.2, 0.25) is 0 Å². The molecule has 0 aliphatic rings. The Kier molecular flexibility index (Phi) is 4.02. The molecule has 0 radical (unpaired) electrons. The smallest absolute Gasteiger partial charge is 0.170 e. The average Bonchev–Trinajstić information content (AvgIpc) is 2.15. The predicted molar refractivity (Wildman–Crippen MR) is 63.8 cm³/mol. The molecule has 0 spiro atoms. The second-order valence-electron chi connectivity index (χ2n) is 5.16. The van der Waals surface area contributed by atoms with Gasteiger partial charge in [-0.2, -0.15) is 13.2 Å². The number of benzene rings is 1. The molecule has 0 amide bonds. The molecule has 0 aliphatic heterocycles. The molecule has 1 aromatic carbocycles. The van der Waals surface area contributed by atoms with Gasteiger partial charge in [-0.05, 0) is 11.0 Å². The number of hydrogen-bond donors (Lipinski definition) is 0. The van der Waals surface area contributed by atoms with Crippen molar-refractivity contribution in [1.29, 1.82) is 0 Å². The number of halogens is 3. The summed E-state index contributed by atoms with van der Waals surface area (Å²) >= 11 is 0. The molecular formula is C14H17F3. The van der Waals surface area contributed by atoms with E-state index in [0.717, 1.165) is 0 Å². The summed E-state index contributed by atoms with van der Waals surface area (Å²) in [5, 5.41) is 0. The van der Waals surface area contributed by atoms with Gasteiger partial charge in [-0.1, -0.05) is 63.3 Å². The highest BCUT2D eigenvalue weighted by atomic mass is 19.4. The van der Waals surface area contributed by atoms with E-state index in [1.807, 2.05) is 20.8 Å². The fraction of sp³-hybridized carbons (Fsp3) is 0.429. The van der Waals surface area contributed by atoms with E-state index >= 15 is 0 Å². The Morgan fingerprint density at radius 1 is 1.00 bits per heavy atom. The van der Waals surface area contributed by atoms with Gasteiger partial charge in [0.25, 0.3) is 0 Å². The summed E-state index contributed by atoms with van der Waals surface area (Å²) in [7, 11) is 0. The molecular weight excluding hydrogens is 225 g/mol. The Hall–Kier alpha value is -1.25. The number of hydrogen-bond acceptors (Lipinski definition) is 0. The minimum Gasteiger partial charge on any atom is -0.170 e. The minimum atomic E-state index is -4.25. The normalized spacial score (nSPS) is 15.2. The fourth-order valence-corrected chi connectivity index (χ4v) is 1.45. The molecule has 1 unspecified atom stereocenters. The van der Waals surface area contributed by atoms with Gasteiger partial charge in [-0.25, -0.2) is 0 Å². The van der Waals surface area contributed by atoms with Crippen molar-refractivity contribution in [3.63, 3.8) is 0 Å². The van der Waals surface area contributed by atoms with E-state index in [1.165, 1.54) is 18.2 Å². The molecule has 0 heterocycles. The van der Waals surface area contributed by atoms with E-state index in [-0.39, 0.29) is 11.0 Å². The van der Waals surface area contributed by atoms with Crippen LogP contribution in [0.5, 0.6) is 0 Å². The maximum absolute atomic E-state index is 12.9. The van der Waals surface area contributed by atoms with Crippen molar-refractivity contribution in [3.05, 3.63) is 48.0 Å². The average molecular weight is 242 g/mol. The van der Waals surface area contributed by atoms with Crippen LogP contribution in [0.2, 0.25) is 0 Å². The second-order valence-corrected chi connectivity index (χ2v) is 5.16. The van der Waals surface area contributed by atoms with E-state index in [0.29, 0.717) is 0 Å². The molecule has 1 atom stereocenters. The highest BCUT2D eigenvalue weighted by Crippen LogP contribution is 2.36. The summed E-state index contributed by atoms with van der Waals surface area (Å²) in [5.74, 6) is -1.53. The topological polar surface area (TPSA) is 0 Å². The van der Waals surface area contributed by atoms with E-state index in [1.54, 1.807) is 24.3 Å². The molecule has 0 saturated carbocycles. The van der Waals surface area contributed by atoms with Crippen LogP contribution in [-0.2, 0) is 0 Å². The monoisotopic (exact) mass is 242 g/mol. The number of allylic oxidation sites excluding steroid dienone is 2. The van der Waals surface area contributed by atoms with Crippen LogP contribution in [-0.4, -0.2) is 6.18 Å². The standard InChI is InChI=1S/C14H17F3/c1-13(2,3)10-9-12(14(15,16)17)11-7-5-4-6-8-11/h4-10,12H,1-3H3/b10-9+. The van der Waals surface area contributed by atoms with Crippen LogP contribution in [0.4, 0.5) is 13.2 Å². The van der Waals surface area contributed by atoms with Crippen molar-refractivity contribution in [3.8, 4) is 0 Å². The van der Waals surface area contributed by atoms with Gasteiger partial charge in [0.1, 0.15) is 0 Å². The Balaban J connectivity index is 3.03. The van der Waals surface area contributed by atoms with Crippen molar-refractivity contribution in [1.82, 2.24) is 0 Å². The van der Waals surface area contributed by atoms with Gasteiger partial charge < -0.3 is 0 Å². The second kappa shape index (κ2) is 4.94. The zero-order valence-electron chi connectivity index (χ0n) is 10.3. The summed E-state index contributed by atoms with van der Waals surface area (Å²) < 4.78 is 38.8. The third kappa shape index (κ3) is 4.63. The Bertz CT molecular complexity index is 369. The van der Waals surface area contributed by atoms with Crippen LogP contribution < -0.4 is 0 Å². The molecule has 0 bridgehead atoms. The van der Waals surface area contributed by atoms with Crippen LogP contribution in [0.25, 0.3) is 0 Å². The molecule has 94 valence electrons. The van der Waals surface area contributed by atoms with Crippen LogP contribution in [0.3, 0.4) is 0 Å². The third-order valence-corrected chi connectivity index (χ3v) is 2.30. The summed E-state index contributed by atoms with van der Waals surface area (Å²) in [6, 6.07) is 7.97. The molecule has 17 heavy (non-hydrogen) atoms. The van der Waals surface area contributed by atoms with Gasteiger partial charge in [0.15, 0.2) is 0 Å². The van der Waals surface area contributed by atoms with E-state index in [4.69, 9.17) is 0 Å². The molecule has 0 N–H and O–H groups in total. The van der Waals surface area contributed by atoms with Crippen LogP contribution >= 0.6 is 0 Å². The molecule has 3 heteroatoms. The summed E-state index contributed by atoms with van der Waals surface area (Å²) in [6.45, 7) is 5.63. The van der Waals surface area contributed by atoms with Crippen LogP contribution in [0, 0.1) is 5.41 Å². The first-order valence-electron chi connectivity index (χ1n) is 5.51. The van der Waals surface area contributed by atoms with E-state index in [2.05, 4.69) is 0 Å². The van der Waals surface area contributed by atoms with Gasteiger partial charge >= 0.3 is 6.18 Å². The predicted octanol–water partition coefficient (Wildman–Crippen LogP) is 4.93. The molecule has 1 rings (SSSR count). The Labute approximate surface area is 100 Å². The molecule has 0 nitrogen and oxygen atoms in total. The van der Waals surface area contributed by atoms with Crippen molar-refractivity contribution in [2.24, 2.45) is 5.41 Å². The highest BCUT2D eigenvalue weighted by molar-refractivity contribution is 5.26. The first kappa shape index (κ1) is 13.8. The lowest BCUT2D eigenvalue weighted by Crippen LogP contribution is -2.19. The Morgan fingerprint density at radius 2 is 1.53 bits per heavy atom. The van der Waals surface area contributed by atoms with Gasteiger partial charge in [-0.3, -0.25) is 0 Å². The molecule has 0 saturated heterocycles. The first-order valence-corrected chi connectivity index (χ1v) is 5.51. The minimum absolute atomic E-state index is 0.252. The highest BCUT2D eigenvalue weighted by Gasteiger charge is 2.38. The zero-order chi connectivity index (χ0) is 13.1.